The molecule has 8 atom stereocenters. The molecule has 3 saturated carbocycles. The standard InChI is InChI=1S/C33H48N4O7/c1-6-33(43)16-13-24-22-8-7-20-17-21(11-14-31(20,4)23(22)12-15-32(24,33)5)37-44-18-27(39)36-28(19(2)3)29(40)35-25(30(41)42)9-10-26(34)38/h1,17,19,22-25,28,43H,7-16,18H2,2-5H3,(H2,34,38)(H,35,40)(H,36,39)(H,41,42)/b37-21-/t22-,23+,24+,25+,28-,31+,32+,33-/m1/s1. The SMILES string of the molecule is C#C[C@@]1(O)CC[C@H]2[C@@H]3CCC4=C/C(=N\OCC(=O)N[C@@H](C(=O)N[C@@H](CCC(N)=O)C(=O)O)C(C)C)CC[C@]4(C)[C@H]3CC[C@@]21C. The van der Waals surface area contributed by atoms with E-state index in [0.717, 1.165) is 50.7 Å². The number of aliphatic hydroxyl groups is 1. The molecule has 0 spiro atoms. The molecule has 0 saturated heterocycles. The van der Waals surface area contributed by atoms with Gasteiger partial charge in [0.05, 0.1) is 5.71 Å². The number of hydrogen-bond acceptors (Lipinski definition) is 7. The summed E-state index contributed by atoms with van der Waals surface area (Å²) in [6.07, 6.45) is 14.9. The second-order valence-corrected chi connectivity index (χ2v) is 14.1. The Morgan fingerprint density at radius 1 is 1.11 bits per heavy atom. The van der Waals surface area contributed by atoms with Crippen molar-refractivity contribution in [1.29, 1.82) is 0 Å². The summed E-state index contributed by atoms with van der Waals surface area (Å²) in [5, 5.41) is 29.9. The number of carboxylic acid groups (broad SMARTS) is 1. The summed E-state index contributed by atoms with van der Waals surface area (Å²) < 4.78 is 0. The number of primary amides is 1. The van der Waals surface area contributed by atoms with Gasteiger partial charge in [-0.2, -0.15) is 0 Å². The van der Waals surface area contributed by atoms with E-state index in [0.29, 0.717) is 24.2 Å². The van der Waals surface area contributed by atoms with Gasteiger partial charge in [0.1, 0.15) is 17.7 Å². The second kappa shape index (κ2) is 12.9. The fourth-order valence-electron chi connectivity index (χ4n) is 8.63. The first kappa shape index (κ1) is 33.5. The smallest absolute Gasteiger partial charge is 0.326 e. The number of aliphatic carboxylic acids is 1. The van der Waals surface area contributed by atoms with Gasteiger partial charge in [-0.15, -0.1) is 6.42 Å². The van der Waals surface area contributed by atoms with Gasteiger partial charge in [-0.25, -0.2) is 4.79 Å². The second-order valence-electron chi connectivity index (χ2n) is 14.1. The third kappa shape index (κ3) is 6.37. The molecule has 3 amide bonds. The molecule has 44 heavy (non-hydrogen) atoms. The Balaban J connectivity index is 1.34. The van der Waals surface area contributed by atoms with Gasteiger partial charge >= 0.3 is 5.97 Å². The third-order valence-corrected chi connectivity index (χ3v) is 11.3. The molecule has 11 nitrogen and oxygen atoms in total. The van der Waals surface area contributed by atoms with Gasteiger partial charge in [-0.1, -0.05) is 44.3 Å². The maximum Gasteiger partial charge on any atom is 0.326 e. The molecule has 4 rings (SSSR count). The topological polar surface area (TPSA) is 180 Å². The van der Waals surface area contributed by atoms with Crippen molar-refractivity contribution in [2.75, 3.05) is 6.61 Å². The van der Waals surface area contributed by atoms with Gasteiger partial charge in [0.25, 0.3) is 5.91 Å². The predicted octanol–water partition coefficient (Wildman–Crippen LogP) is 2.66. The summed E-state index contributed by atoms with van der Waals surface area (Å²) in [7, 11) is 0. The van der Waals surface area contributed by atoms with Gasteiger partial charge < -0.3 is 31.4 Å². The molecule has 4 aliphatic carbocycles. The maximum absolute atomic E-state index is 12.8. The van der Waals surface area contributed by atoms with Crippen LogP contribution >= 0.6 is 0 Å². The number of amides is 3. The van der Waals surface area contributed by atoms with Crippen molar-refractivity contribution in [3.05, 3.63) is 11.6 Å². The summed E-state index contributed by atoms with van der Waals surface area (Å²) in [6, 6.07) is -2.31. The molecular weight excluding hydrogens is 564 g/mol. The molecule has 0 aromatic carbocycles. The van der Waals surface area contributed by atoms with Gasteiger partial charge in [0, 0.05) is 11.8 Å². The van der Waals surface area contributed by atoms with Crippen molar-refractivity contribution >= 4 is 29.4 Å². The number of carbonyl (C=O) groups is 4. The highest BCUT2D eigenvalue weighted by atomic mass is 16.6. The predicted molar refractivity (Wildman–Crippen MR) is 164 cm³/mol. The number of carbonyl (C=O) groups excluding carboxylic acids is 3. The Hall–Kier alpha value is -3.39. The van der Waals surface area contributed by atoms with Crippen LogP contribution in [-0.4, -0.2) is 63.9 Å². The van der Waals surface area contributed by atoms with Crippen molar-refractivity contribution in [3.63, 3.8) is 0 Å². The number of oxime groups is 1. The number of allylic oxidation sites excluding steroid dienone is 2. The summed E-state index contributed by atoms with van der Waals surface area (Å²) in [4.78, 5) is 53.4. The first-order chi connectivity index (χ1) is 20.6. The summed E-state index contributed by atoms with van der Waals surface area (Å²) in [5.74, 6) is 0.706. The normalized spacial score (nSPS) is 34.8. The largest absolute Gasteiger partial charge is 0.480 e. The number of rotatable bonds is 11. The Morgan fingerprint density at radius 3 is 2.45 bits per heavy atom. The fourth-order valence-corrected chi connectivity index (χ4v) is 8.63. The molecule has 0 bridgehead atoms. The van der Waals surface area contributed by atoms with E-state index in [-0.39, 0.29) is 29.6 Å². The van der Waals surface area contributed by atoms with Gasteiger partial charge in [0.2, 0.25) is 11.8 Å². The maximum atomic E-state index is 12.8. The zero-order valence-corrected chi connectivity index (χ0v) is 26.4. The van der Waals surface area contributed by atoms with Gasteiger partial charge in [0.15, 0.2) is 6.61 Å². The van der Waals surface area contributed by atoms with Crippen LogP contribution in [0, 0.1) is 46.8 Å². The molecule has 3 fully saturated rings. The van der Waals surface area contributed by atoms with Crippen LogP contribution in [0.25, 0.3) is 0 Å². The van der Waals surface area contributed by atoms with E-state index in [9.17, 15) is 29.4 Å². The van der Waals surface area contributed by atoms with E-state index >= 15 is 0 Å². The van der Waals surface area contributed by atoms with E-state index in [1.165, 1.54) is 5.57 Å². The molecule has 11 heteroatoms. The molecule has 0 aromatic heterocycles. The molecular formula is C33H48N4O7. The van der Waals surface area contributed by atoms with Crippen LogP contribution < -0.4 is 16.4 Å². The van der Waals surface area contributed by atoms with Crippen LogP contribution in [0.15, 0.2) is 16.8 Å². The molecule has 242 valence electrons. The van der Waals surface area contributed by atoms with E-state index < -0.39 is 48.0 Å². The lowest BCUT2D eigenvalue weighted by Crippen LogP contribution is -2.54. The lowest BCUT2D eigenvalue weighted by atomic mass is 9.46. The first-order valence-corrected chi connectivity index (χ1v) is 15.9. The molecule has 0 aromatic rings. The van der Waals surface area contributed by atoms with Crippen molar-refractivity contribution < 1.29 is 34.2 Å². The molecule has 0 radical (unpaired) electrons. The minimum absolute atomic E-state index is 0.0561. The van der Waals surface area contributed by atoms with Crippen LogP contribution in [0.2, 0.25) is 0 Å². The highest BCUT2D eigenvalue weighted by molar-refractivity contribution is 5.96. The Labute approximate surface area is 259 Å². The summed E-state index contributed by atoms with van der Waals surface area (Å²) in [5.41, 5.74) is 6.07. The van der Waals surface area contributed by atoms with Crippen molar-refractivity contribution in [1.82, 2.24) is 10.6 Å². The Kier molecular flexibility index (Phi) is 9.84. The number of nitrogens with zero attached hydrogens (tertiary/aromatic N) is 1. The molecule has 0 unspecified atom stereocenters. The average Bonchev–Trinajstić information content (AvgIpc) is 3.24. The third-order valence-electron chi connectivity index (χ3n) is 11.3. The Morgan fingerprint density at radius 2 is 1.82 bits per heavy atom. The quantitative estimate of drug-likeness (QED) is 0.176. The molecule has 4 aliphatic rings. The van der Waals surface area contributed by atoms with Gasteiger partial charge in [-0.3, -0.25) is 14.4 Å². The summed E-state index contributed by atoms with van der Waals surface area (Å²) >= 11 is 0. The van der Waals surface area contributed by atoms with Gasteiger partial charge in [-0.05, 0) is 93.0 Å². The fraction of sp³-hybridized carbons (Fsp3) is 0.727. The number of nitrogens with one attached hydrogen (secondary N) is 2. The van der Waals surface area contributed by atoms with Crippen LogP contribution in [0.4, 0.5) is 0 Å². The Bertz CT molecular complexity index is 1270. The molecule has 0 heterocycles. The zero-order valence-electron chi connectivity index (χ0n) is 26.4. The molecule has 6 N–H and O–H groups in total. The lowest BCUT2D eigenvalue weighted by Gasteiger charge is -2.58. The lowest BCUT2D eigenvalue weighted by molar-refractivity contribution is -0.143. The highest BCUT2D eigenvalue weighted by Crippen LogP contribution is 2.67. The van der Waals surface area contributed by atoms with E-state index in [1.807, 2.05) is 0 Å². The number of carboxylic acids is 1. The number of terminal acetylenes is 1. The van der Waals surface area contributed by atoms with Crippen molar-refractivity contribution in [3.8, 4) is 12.3 Å². The van der Waals surface area contributed by atoms with Crippen molar-refractivity contribution in [2.45, 2.75) is 110 Å². The average molecular weight is 613 g/mol. The van der Waals surface area contributed by atoms with Crippen LogP contribution in [0.3, 0.4) is 0 Å². The minimum Gasteiger partial charge on any atom is -0.480 e. The van der Waals surface area contributed by atoms with E-state index in [4.69, 9.17) is 17.0 Å². The monoisotopic (exact) mass is 612 g/mol. The highest BCUT2D eigenvalue weighted by Gasteiger charge is 2.63. The van der Waals surface area contributed by atoms with Crippen LogP contribution in [0.1, 0.15) is 91.9 Å². The zero-order chi connectivity index (χ0) is 32.4. The number of nitrogens with two attached hydrogens (primary N) is 1. The van der Waals surface area contributed by atoms with E-state index in [2.05, 4.69) is 41.6 Å². The van der Waals surface area contributed by atoms with E-state index in [1.54, 1.807) is 13.8 Å². The number of hydrogen-bond donors (Lipinski definition) is 5. The number of fused-ring (bicyclic) bond motifs is 5. The van der Waals surface area contributed by atoms with Crippen LogP contribution in [-0.2, 0) is 24.0 Å². The first-order valence-electron chi connectivity index (χ1n) is 15.9. The van der Waals surface area contributed by atoms with Crippen LogP contribution in [0.5, 0.6) is 0 Å². The van der Waals surface area contributed by atoms with Crippen molar-refractivity contribution in [2.24, 2.45) is 45.4 Å². The minimum atomic E-state index is -1.31. The summed E-state index contributed by atoms with van der Waals surface area (Å²) in [6.45, 7) is 7.61. The molecule has 0 aliphatic heterocycles.